The van der Waals surface area contributed by atoms with Crippen molar-refractivity contribution < 1.29 is 0 Å². The van der Waals surface area contributed by atoms with E-state index in [4.69, 9.17) is 0 Å². The summed E-state index contributed by atoms with van der Waals surface area (Å²) in [6, 6.07) is 0. The summed E-state index contributed by atoms with van der Waals surface area (Å²) in [6.45, 7) is 4.92. The molecule has 0 heterocycles. The van der Waals surface area contributed by atoms with Crippen molar-refractivity contribution in [2.24, 2.45) is 23.7 Å². The highest BCUT2D eigenvalue weighted by Crippen LogP contribution is 2.45. The first-order chi connectivity index (χ1) is 5.77. The third-order valence-corrected chi connectivity index (χ3v) is 4.27. The molecule has 0 aromatic rings. The van der Waals surface area contributed by atoms with Crippen LogP contribution in [-0.2, 0) is 0 Å². The molecule has 2 unspecified atom stereocenters. The molecule has 2 aliphatic carbocycles. The van der Waals surface area contributed by atoms with Gasteiger partial charge in [0.25, 0.3) is 0 Å². The largest absolute Gasteiger partial charge is 0.0625 e. The van der Waals surface area contributed by atoms with Gasteiger partial charge in [0.1, 0.15) is 0 Å². The lowest BCUT2D eigenvalue weighted by Crippen LogP contribution is -2.31. The van der Waals surface area contributed by atoms with Crippen molar-refractivity contribution in [2.75, 3.05) is 0 Å². The Labute approximate surface area is 76.7 Å². The van der Waals surface area contributed by atoms with Crippen LogP contribution in [0.3, 0.4) is 0 Å². The molecule has 12 heavy (non-hydrogen) atoms. The molecule has 2 aliphatic rings. The average molecular weight is 166 g/mol. The van der Waals surface area contributed by atoms with Crippen LogP contribution in [-0.4, -0.2) is 0 Å². The summed E-state index contributed by atoms with van der Waals surface area (Å²) < 4.78 is 0. The second-order valence-electron chi connectivity index (χ2n) is 5.25. The first-order valence-electron chi connectivity index (χ1n) is 5.77. The fraction of sp³-hybridized carbons (Fsp3) is 1.00. The molecule has 0 amide bonds. The Bertz CT molecular complexity index is 150. The summed E-state index contributed by atoms with van der Waals surface area (Å²) >= 11 is 0. The molecule has 0 nitrogen and oxygen atoms in total. The second kappa shape index (κ2) is 3.40. The molecule has 2 saturated carbocycles. The summed E-state index contributed by atoms with van der Waals surface area (Å²) in [4.78, 5) is 0. The fourth-order valence-electron chi connectivity index (χ4n) is 3.52. The number of rotatable bonds is 0. The summed E-state index contributed by atoms with van der Waals surface area (Å²) in [5, 5.41) is 0. The van der Waals surface area contributed by atoms with Crippen LogP contribution in [0, 0.1) is 23.7 Å². The van der Waals surface area contributed by atoms with Gasteiger partial charge < -0.3 is 0 Å². The summed E-state index contributed by atoms with van der Waals surface area (Å²) in [6.07, 6.45) is 9.14. The van der Waals surface area contributed by atoms with E-state index in [1.807, 2.05) is 0 Å². The molecule has 70 valence electrons. The highest BCUT2D eigenvalue weighted by Gasteiger charge is 2.34. The Kier molecular flexibility index (Phi) is 2.43. The van der Waals surface area contributed by atoms with Crippen molar-refractivity contribution in [1.82, 2.24) is 0 Å². The molecule has 4 atom stereocenters. The first-order valence-corrected chi connectivity index (χ1v) is 5.77. The van der Waals surface area contributed by atoms with E-state index in [2.05, 4.69) is 13.8 Å². The molecule has 0 radical (unpaired) electrons. The predicted octanol–water partition coefficient (Wildman–Crippen LogP) is 3.86. The smallest absolute Gasteiger partial charge is 0.0360 e. The van der Waals surface area contributed by atoms with Gasteiger partial charge in [-0.25, -0.2) is 0 Å². The summed E-state index contributed by atoms with van der Waals surface area (Å²) in [5.41, 5.74) is 0. The Hall–Kier alpha value is 0. The van der Waals surface area contributed by atoms with Gasteiger partial charge in [0.15, 0.2) is 0 Å². The lowest BCUT2D eigenvalue weighted by atomic mass is 9.64. The van der Waals surface area contributed by atoms with Crippen LogP contribution in [0.15, 0.2) is 0 Å². The molecule has 0 aliphatic heterocycles. The lowest BCUT2D eigenvalue weighted by molar-refractivity contribution is 0.0892. The second-order valence-corrected chi connectivity index (χ2v) is 5.25. The molecular weight excluding hydrogens is 144 g/mol. The van der Waals surface area contributed by atoms with Crippen molar-refractivity contribution in [3.05, 3.63) is 0 Å². The van der Waals surface area contributed by atoms with Gasteiger partial charge in [-0.1, -0.05) is 39.5 Å². The van der Waals surface area contributed by atoms with Crippen molar-refractivity contribution in [1.29, 1.82) is 0 Å². The van der Waals surface area contributed by atoms with Crippen LogP contribution in [0.2, 0.25) is 0 Å². The van der Waals surface area contributed by atoms with Crippen LogP contribution in [0.4, 0.5) is 0 Å². The van der Waals surface area contributed by atoms with E-state index in [-0.39, 0.29) is 0 Å². The molecule has 0 N–H and O–H groups in total. The monoisotopic (exact) mass is 166 g/mol. The molecule has 0 aromatic carbocycles. The quantitative estimate of drug-likeness (QED) is 0.512. The molecule has 2 rings (SSSR count). The lowest BCUT2D eigenvalue weighted by Gasteiger charge is -2.42. The summed E-state index contributed by atoms with van der Waals surface area (Å²) in [7, 11) is 0. The Morgan fingerprint density at radius 3 is 2.58 bits per heavy atom. The van der Waals surface area contributed by atoms with E-state index < -0.39 is 0 Å². The molecule has 0 aromatic heterocycles. The average Bonchev–Trinajstić information content (AvgIpc) is 2.04. The minimum atomic E-state index is 1.02. The van der Waals surface area contributed by atoms with Crippen molar-refractivity contribution in [3.8, 4) is 0 Å². The van der Waals surface area contributed by atoms with Gasteiger partial charge in [-0.3, -0.25) is 0 Å². The van der Waals surface area contributed by atoms with Gasteiger partial charge in [-0.05, 0) is 36.5 Å². The van der Waals surface area contributed by atoms with Crippen molar-refractivity contribution in [2.45, 2.75) is 52.4 Å². The maximum Gasteiger partial charge on any atom is -0.0360 e. The van der Waals surface area contributed by atoms with Gasteiger partial charge in [-0.2, -0.15) is 0 Å². The van der Waals surface area contributed by atoms with Crippen LogP contribution < -0.4 is 0 Å². The molecule has 0 bridgehead atoms. The minimum absolute atomic E-state index is 1.02. The highest BCUT2D eigenvalue weighted by atomic mass is 14.4. The van der Waals surface area contributed by atoms with E-state index in [1.165, 1.54) is 32.1 Å². The van der Waals surface area contributed by atoms with E-state index in [0.717, 1.165) is 23.7 Å². The van der Waals surface area contributed by atoms with Crippen molar-refractivity contribution >= 4 is 0 Å². The molecule has 0 heteroatoms. The van der Waals surface area contributed by atoms with Crippen LogP contribution >= 0.6 is 0 Å². The van der Waals surface area contributed by atoms with Gasteiger partial charge in [-0.15, -0.1) is 0 Å². The maximum absolute atomic E-state index is 2.48. The van der Waals surface area contributed by atoms with Crippen LogP contribution in [0.25, 0.3) is 0 Å². The van der Waals surface area contributed by atoms with Gasteiger partial charge in [0.2, 0.25) is 0 Å². The molecule has 0 saturated heterocycles. The Balaban J connectivity index is 1.99. The van der Waals surface area contributed by atoms with Crippen LogP contribution in [0.5, 0.6) is 0 Å². The Morgan fingerprint density at radius 1 is 0.917 bits per heavy atom. The third-order valence-electron chi connectivity index (χ3n) is 4.27. The molecular formula is C12H22. The first kappa shape index (κ1) is 8.59. The van der Waals surface area contributed by atoms with Gasteiger partial charge >= 0.3 is 0 Å². The molecule has 0 spiro atoms. The van der Waals surface area contributed by atoms with Crippen molar-refractivity contribution in [3.63, 3.8) is 0 Å². The highest BCUT2D eigenvalue weighted by molar-refractivity contribution is 4.85. The van der Waals surface area contributed by atoms with Gasteiger partial charge in [0, 0.05) is 0 Å². The summed E-state index contributed by atoms with van der Waals surface area (Å²) in [5.74, 6) is 4.28. The standard InChI is InChI=1S/C12H22/c1-9-6-7-12-10(2)4-3-5-11(12)8-9/h9-12H,3-8H2,1-2H3/t9-,10-,11?,12?/m1/s1. The number of fused-ring (bicyclic) bond motifs is 1. The van der Waals surface area contributed by atoms with E-state index in [9.17, 15) is 0 Å². The molecule has 2 fully saturated rings. The zero-order valence-corrected chi connectivity index (χ0v) is 8.55. The SMILES string of the molecule is C[C@@H]1CCC2C(CCC[C@H]2C)C1. The van der Waals surface area contributed by atoms with Crippen LogP contribution in [0.1, 0.15) is 52.4 Å². The normalized spacial score (nSPS) is 48.5. The van der Waals surface area contributed by atoms with E-state index in [0.29, 0.717) is 0 Å². The fourth-order valence-corrected chi connectivity index (χ4v) is 3.52. The Morgan fingerprint density at radius 2 is 1.75 bits per heavy atom. The van der Waals surface area contributed by atoms with Gasteiger partial charge in [0.05, 0.1) is 0 Å². The minimum Gasteiger partial charge on any atom is -0.0625 e. The number of hydrogen-bond acceptors (Lipinski definition) is 0. The maximum atomic E-state index is 2.48. The number of hydrogen-bond donors (Lipinski definition) is 0. The predicted molar refractivity (Wildman–Crippen MR) is 53.0 cm³/mol. The zero-order chi connectivity index (χ0) is 8.55. The topological polar surface area (TPSA) is 0 Å². The zero-order valence-electron chi connectivity index (χ0n) is 8.55. The van der Waals surface area contributed by atoms with E-state index in [1.54, 1.807) is 6.42 Å². The van der Waals surface area contributed by atoms with E-state index >= 15 is 0 Å². The third kappa shape index (κ3) is 1.53.